The Morgan fingerprint density at radius 2 is 1.96 bits per heavy atom. The summed E-state index contributed by atoms with van der Waals surface area (Å²) in [6.45, 7) is -3.36. The number of aromatic amines is 1. The average Bonchev–Trinajstić information content (AvgIpc) is 3.27. The van der Waals surface area contributed by atoms with Crippen molar-refractivity contribution in [2.24, 2.45) is 0 Å². The van der Waals surface area contributed by atoms with E-state index in [1.165, 1.54) is 24.5 Å². The topological polar surface area (TPSA) is 93.3 Å². The summed E-state index contributed by atoms with van der Waals surface area (Å²) in [5.41, 5.74) is -0.404. The van der Waals surface area contributed by atoms with Crippen LogP contribution in [-0.2, 0) is 10.0 Å². The monoisotopic (exact) mass is 437 g/mol. The van der Waals surface area contributed by atoms with Crippen LogP contribution in [0.3, 0.4) is 0 Å². The molecule has 2 aromatic heterocycles. The summed E-state index contributed by atoms with van der Waals surface area (Å²) in [4.78, 5) is 6.54. The summed E-state index contributed by atoms with van der Waals surface area (Å²) < 4.78 is 87.5. The highest BCUT2D eigenvalue weighted by Gasteiger charge is 2.22. The van der Waals surface area contributed by atoms with Gasteiger partial charge in [0.05, 0.1) is 23.9 Å². The van der Waals surface area contributed by atoms with Crippen molar-refractivity contribution in [3.8, 4) is 22.3 Å². The number of anilines is 1. The average molecular weight is 437 g/mol. The first-order valence-corrected chi connectivity index (χ1v) is 9.71. The molecule has 0 saturated heterocycles. The van der Waals surface area contributed by atoms with Gasteiger partial charge in [0.25, 0.3) is 10.0 Å². The lowest BCUT2D eigenvalue weighted by Crippen LogP contribution is -2.14. The summed E-state index contributed by atoms with van der Waals surface area (Å²) in [7, 11) is -2.88. The molecule has 150 valence electrons. The molecule has 7 nitrogen and oxygen atoms in total. The summed E-state index contributed by atoms with van der Waals surface area (Å²) in [5, 5.41) is 2.06. The normalized spacial score (nSPS) is 11.6. The molecule has 2 heterocycles. The van der Waals surface area contributed by atoms with E-state index >= 15 is 0 Å². The maximum atomic E-state index is 14.0. The third-order valence-electron chi connectivity index (χ3n) is 3.37. The van der Waals surface area contributed by atoms with Crippen molar-refractivity contribution < 1.29 is 35.5 Å². The van der Waals surface area contributed by atoms with Gasteiger partial charge < -0.3 is 14.5 Å². The molecule has 0 saturated carbocycles. The lowest BCUT2D eigenvalue weighted by atomic mass is 10.3. The van der Waals surface area contributed by atoms with Crippen LogP contribution in [0.15, 0.2) is 34.7 Å². The third-order valence-corrected chi connectivity index (χ3v) is 5.57. The lowest BCUT2D eigenvalue weighted by molar-refractivity contribution is -0.0523. The molecular formula is C15H11F4N3O4S2. The molecule has 0 aliphatic rings. The molecule has 0 amide bonds. The summed E-state index contributed by atoms with van der Waals surface area (Å²) >= 11 is 1.20. The summed E-state index contributed by atoms with van der Waals surface area (Å²) in [6, 6.07) is 1.97. The van der Waals surface area contributed by atoms with Crippen molar-refractivity contribution >= 4 is 27.0 Å². The number of methoxy groups -OCH3 is 1. The van der Waals surface area contributed by atoms with Crippen molar-refractivity contribution in [1.82, 2.24) is 9.97 Å². The number of hydrogen-bond acceptors (Lipinski definition) is 6. The van der Waals surface area contributed by atoms with Crippen molar-refractivity contribution in [3.05, 3.63) is 41.4 Å². The fourth-order valence-corrected chi connectivity index (χ4v) is 3.93. The number of aromatic nitrogens is 2. The standard InChI is InChI=1S/C15H11F4N3O4S2/c1-25-13-6-27-14(21-13)11-2-7(5-20-11)28(23,24)22-10-3-9(17)12(4-8(10)16)26-15(18)19/h2-6,15,20,22H,1H3. The molecule has 0 bridgehead atoms. The minimum atomic E-state index is -4.31. The molecule has 0 atom stereocenters. The summed E-state index contributed by atoms with van der Waals surface area (Å²) in [6.07, 6.45) is 1.13. The van der Waals surface area contributed by atoms with E-state index in [0.29, 0.717) is 28.7 Å². The van der Waals surface area contributed by atoms with Gasteiger partial charge in [0, 0.05) is 18.3 Å². The second kappa shape index (κ2) is 7.67. The van der Waals surface area contributed by atoms with Crippen LogP contribution in [0.2, 0.25) is 0 Å². The van der Waals surface area contributed by atoms with Gasteiger partial charge in [0.1, 0.15) is 9.90 Å². The van der Waals surface area contributed by atoms with Crippen LogP contribution < -0.4 is 14.2 Å². The van der Waals surface area contributed by atoms with Crippen LogP contribution in [0, 0.1) is 11.6 Å². The van der Waals surface area contributed by atoms with Gasteiger partial charge >= 0.3 is 6.61 Å². The first kappa shape index (κ1) is 19.9. The molecule has 0 aliphatic carbocycles. The fourth-order valence-electron chi connectivity index (χ4n) is 2.13. The van der Waals surface area contributed by atoms with Crippen LogP contribution in [0.1, 0.15) is 0 Å². The zero-order valence-electron chi connectivity index (χ0n) is 13.9. The number of halogens is 4. The zero-order valence-corrected chi connectivity index (χ0v) is 15.5. The maximum absolute atomic E-state index is 14.0. The van der Waals surface area contributed by atoms with E-state index in [4.69, 9.17) is 4.74 Å². The van der Waals surface area contributed by atoms with Crippen LogP contribution in [0.5, 0.6) is 11.6 Å². The Morgan fingerprint density at radius 1 is 1.21 bits per heavy atom. The number of sulfonamides is 1. The molecule has 0 aliphatic heterocycles. The predicted octanol–water partition coefficient (Wildman–Crippen LogP) is 3.83. The van der Waals surface area contributed by atoms with Gasteiger partial charge in [-0.3, -0.25) is 4.72 Å². The van der Waals surface area contributed by atoms with Gasteiger partial charge in [-0.1, -0.05) is 0 Å². The number of thiazole rings is 1. The van der Waals surface area contributed by atoms with Gasteiger partial charge in [-0.2, -0.15) is 8.78 Å². The number of alkyl halides is 2. The van der Waals surface area contributed by atoms with E-state index in [1.807, 2.05) is 4.72 Å². The number of benzene rings is 1. The highest BCUT2D eigenvalue weighted by molar-refractivity contribution is 7.92. The van der Waals surface area contributed by atoms with Crippen LogP contribution >= 0.6 is 11.3 Å². The third kappa shape index (κ3) is 4.20. The lowest BCUT2D eigenvalue weighted by Gasteiger charge is -2.11. The summed E-state index contributed by atoms with van der Waals surface area (Å²) in [5.74, 6) is -3.34. The number of ether oxygens (including phenoxy) is 2. The SMILES string of the molecule is COc1csc(-c2cc(S(=O)(=O)Nc3cc(F)c(OC(F)F)cc3F)c[nH]2)n1. The Bertz CT molecular complexity index is 1100. The molecule has 3 aromatic rings. The Labute approximate surface area is 160 Å². The van der Waals surface area contributed by atoms with E-state index in [-0.39, 0.29) is 4.90 Å². The van der Waals surface area contributed by atoms with Crippen LogP contribution in [-0.4, -0.2) is 32.1 Å². The Balaban J connectivity index is 1.85. The largest absolute Gasteiger partial charge is 0.480 e. The molecule has 2 N–H and O–H groups in total. The molecule has 0 fully saturated rings. The van der Waals surface area contributed by atoms with Crippen molar-refractivity contribution in [1.29, 1.82) is 0 Å². The minimum absolute atomic E-state index is 0.274. The smallest absolute Gasteiger partial charge is 0.387 e. The van der Waals surface area contributed by atoms with Gasteiger partial charge in [-0.25, -0.2) is 22.2 Å². The Morgan fingerprint density at radius 3 is 2.61 bits per heavy atom. The Kier molecular flexibility index (Phi) is 5.47. The van der Waals surface area contributed by atoms with E-state index in [0.717, 1.165) is 6.20 Å². The Hall–Kier alpha value is -2.80. The highest BCUT2D eigenvalue weighted by atomic mass is 32.2. The van der Waals surface area contributed by atoms with Crippen molar-refractivity contribution in [2.45, 2.75) is 11.5 Å². The molecule has 0 unspecified atom stereocenters. The predicted molar refractivity (Wildman–Crippen MR) is 92.3 cm³/mol. The van der Waals surface area contributed by atoms with Crippen LogP contribution in [0.4, 0.5) is 23.2 Å². The zero-order chi connectivity index (χ0) is 20.5. The maximum Gasteiger partial charge on any atom is 0.387 e. The number of nitrogens with zero attached hydrogens (tertiary/aromatic N) is 1. The molecule has 3 rings (SSSR count). The van der Waals surface area contributed by atoms with Gasteiger partial charge in [-0.05, 0) is 6.07 Å². The van der Waals surface area contributed by atoms with Crippen LogP contribution in [0.25, 0.3) is 10.7 Å². The minimum Gasteiger partial charge on any atom is -0.480 e. The molecule has 28 heavy (non-hydrogen) atoms. The molecule has 0 radical (unpaired) electrons. The second-order valence-electron chi connectivity index (χ2n) is 5.19. The van der Waals surface area contributed by atoms with E-state index < -0.39 is 39.7 Å². The second-order valence-corrected chi connectivity index (χ2v) is 7.73. The van der Waals surface area contributed by atoms with Gasteiger partial charge in [-0.15, -0.1) is 11.3 Å². The van der Waals surface area contributed by atoms with Gasteiger partial charge in [0.2, 0.25) is 5.88 Å². The number of hydrogen-bond donors (Lipinski definition) is 2. The molecular weight excluding hydrogens is 426 g/mol. The number of rotatable bonds is 7. The number of H-pyrrole nitrogens is 1. The fraction of sp³-hybridized carbons (Fsp3) is 0.133. The molecule has 1 aromatic carbocycles. The van der Waals surface area contributed by atoms with Gasteiger partial charge in [0.15, 0.2) is 17.4 Å². The molecule has 0 spiro atoms. The highest BCUT2D eigenvalue weighted by Crippen LogP contribution is 2.30. The quantitative estimate of drug-likeness (QED) is 0.548. The molecule has 13 heteroatoms. The van der Waals surface area contributed by atoms with Crippen molar-refractivity contribution in [3.63, 3.8) is 0 Å². The number of nitrogens with one attached hydrogen (secondary N) is 2. The van der Waals surface area contributed by atoms with Crippen molar-refractivity contribution in [2.75, 3.05) is 11.8 Å². The first-order chi connectivity index (χ1) is 13.2. The van der Waals surface area contributed by atoms with E-state index in [2.05, 4.69) is 14.7 Å². The van der Waals surface area contributed by atoms with E-state index in [1.54, 1.807) is 5.38 Å². The van der Waals surface area contributed by atoms with E-state index in [9.17, 15) is 26.0 Å². The first-order valence-electron chi connectivity index (χ1n) is 7.34.